The first kappa shape index (κ1) is 24.8. The fraction of sp³-hybridized carbons (Fsp3) is 0.385. The van der Waals surface area contributed by atoms with Crippen LogP contribution in [0.5, 0.6) is 5.75 Å². The highest BCUT2D eigenvalue weighted by molar-refractivity contribution is 5.99. The second-order valence-electron chi connectivity index (χ2n) is 9.31. The molecule has 3 aromatic rings. The van der Waals surface area contributed by atoms with Gasteiger partial charge in [-0.1, -0.05) is 12.1 Å². The summed E-state index contributed by atoms with van der Waals surface area (Å²) < 4.78 is 27.2. The van der Waals surface area contributed by atoms with Crippen LogP contribution in [0.3, 0.4) is 0 Å². The number of nitrogens with two attached hydrogens (primary N) is 1. The molecule has 37 heavy (non-hydrogen) atoms. The van der Waals surface area contributed by atoms with Crippen LogP contribution in [-0.4, -0.2) is 52.6 Å². The van der Waals surface area contributed by atoms with Crippen LogP contribution in [0, 0.1) is 12.7 Å². The zero-order valence-corrected chi connectivity index (χ0v) is 20.5. The van der Waals surface area contributed by atoms with Gasteiger partial charge >= 0.3 is 0 Å². The number of halogens is 1. The van der Waals surface area contributed by atoms with Crippen molar-refractivity contribution >= 4 is 28.4 Å². The van der Waals surface area contributed by atoms with Crippen LogP contribution in [0.1, 0.15) is 35.8 Å². The Hall–Kier alpha value is -3.83. The number of piperidine rings is 1. The Kier molecular flexibility index (Phi) is 6.90. The molecule has 3 heterocycles. The highest BCUT2D eigenvalue weighted by Gasteiger charge is 2.30. The summed E-state index contributed by atoms with van der Waals surface area (Å²) in [6.07, 6.45) is 0.337. The van der Waals surface area contributed by atoms with Gasteiger partial charge in [0.1, 0.15) is 30.0 Å². The number of nitrogens with one attached hydrogen (secondary N) is 1. The molecule has 2 fully saturated rings. The van der Waals surface area contributed by atoms with Gasteiger partial charge in [0.2, 0.25) is 11.8 Å². The van der Waals surface area contributed by atoms with E-state index in [0.29, 0.717) is 42.4 Å². The van der Waals surface area contributed by atoms with Gasteiger partial charge in [0.15, 0.2) is 0 Å². The normalized spacial score (nSPS) is 18.7. The molecule has 1 aromatic heterocycles. The number of nitrogen functional groups attached to an aromatic ring is 1. The van der Waals surface area contributed by atoms with E-state index in [2.05, 4.69) is 15.2 Å². The molecule has 0 aliphatic carbocycles. The van der Waals surface area contributed by atoms with Crippen molar-refractivity contribution in [3.63, 3.8) is 0 Å². The number of nitrogens with zero attached hydrogens (tertiary/aromatic N) is 3. The Balaban J connectivity index is 1.34. The van der Waals surface area contributed by atoms with Gasteiger partial charge in [-0.2, -0.15) is 0 Å². The zero-order valence-electron chi connectivity index (χ0n) is 20.5. The van der Waals surface area contributed by atoms with Gasteiger partial charge in [-0.25, -0.2) is 9.37 Å². The van der Waals surface area contributed by atoms with Crippen molar-refractivity contribution in [2.24, 2.45) is 0 Å². The fourth-order valence-electron chi connectivity index (χ4n) is 4.80. The lowest BCUT2D eigenvalue weighted by atomic mass is 10.1. The van der Waals surface area contributed by atoms with Crippen molar-refractivity contribution in [1.82, 2.24) is 19.8 Å². The molecule has 0 bridgehead atoms. The Bertz CT molecular complexity index is 1430. The number of benzene rings is 2. The minimum atomic E-state index is -0.841. The molecule has 1 atom stereocenters. The third-order valence-electron chi connectivity index (χ3n) is 6.73. The number of aryl methyl sites for hydroxylation is 1. The second-order valence-corrected chi connectivity index (χ2v) is 9.31. The highest BCUT2D eigenvalue weighted by atomic mass is 19.1. The number of amides is 2. The number of aromatic nitrogens is 2. The Labute approximate surface area is 212 Å². The number of rotatable bonds is 6. The Morgan fingerprint density at radius 2 is 1.97 bits per heavy atom. The van der Waals surface area contributed by atoms with Gasteiger partial charge in [0.25, 0.3) is 5.56 Å². The summed E-state index contributed by atoms with van der Waals surface area (Å²) in [6, 6.07) is 7.32. The minimum absolute atomic E-state index is 0.0268. The van der Waals surface area contributed by atoms with E-state index in [0.717, 1.165) is 18.7 Å². The molecule has 0 saturated carbocycles. The molecule has 2 saturated heterocycles. The van der Waals surface area contributed by atoms with E-state index in [9.17, 15) is 18.8 Å². The van der Waals surface area contributed by atoms with Gasteiger partial charge in [-0.3, -0.25) is 29.2 Å². The van der Waals surface area contributed by atoms with E-state index in [-0.39, 0.29) is 42.2 Å². The van der Waals surface area contributed by atoms with E-state index in [1.165, 1.54) is 16.7 Å². The molecular weight excluding hydrogens is 481 g/mol. The molecule has 10 nitrogen and oxygen atoms in total. The van der Waals surface area contributed by atoms with Crippen LogP contribution in [0.15, 0.2) is 35.1 Å². The van der Waals surface area contributed by atoms with Gasteiger partial charge in [-0.15, -0.1) is 0 Å². The summed E-state index contributed by atoms with van der Waals surface area (Å²) >= 11 is 0. The van der Waals surface area contributed by atoms with Crippen molar-refractivity contribution in [3.8, 4) is 5.75 Å². The van der Waals surface area contributed by atoms with Crippen molar-refractivity contribution in [1.29, 1.82) is 0 Å². The average Bonchev–Trinajstić information content (AvgIpc) is 2.85. The fourth-order valence-corrected chi connectivity index (χ4v) is 4.80. The summed E-state index contributed by atoms with van der Waals surface area (Å²) in [4.78, 5) is 43.8. The molecule has 11 heteroatoms. The van der Waals surface area contributed by atoms with Crippen LogP contribution in [0.25, 0.3) is 10.9 Å². The van der Waals surface area contributed by atoms with Gasteiger partial charge in [0.05, 0.1) is 29.8 Å². The predicted octanol–water partition coefficient (Wildman–Crippen LogP) is 1.82. The standard InChI is InChI=1S/C26H28FN5O5/c1-15-29-21-12-18(11-20(28)24(21)26(35)32(15)22-4-5-23(33)30-25(22)34)37-14-17-3-2-16(10-19(17)27)13-31-6-8-36-9-7-31/h2-3,10-12,22H,4-9,13-14,28H2,1H3,(H,30,33,34). The molecule has 3 N–H and O–H groups in total. The maximum atomic E-state index is 14.8. The minimum Gasteiger partial charge on any atom is -0.489 e. The largest absolute Gasteiger partial charge is 0.489 e. The third-order valence-corrected chi connectivity index (χ3v) is 6.73. The summed E-state index contributed by atoms with van der Waals surface area (Å²) in [5.74, 6) is -0.623. The molecule has 1 unspecified atom stereocenters. The van der Waals surface area contributed by atoms with Gasteiger partial charge in [-0.05, 0) is 25.0 Å². The van der Waals surface area contributed by atoms with Gasteiger partial charge in [0, 0.05) is 43.8 Å². The molecule has 194 valence electrons. The third kappa shape index (κ3) is 5.18. The molecule has 2 aliphatic heterocycles. The molecular formula is C26H28FN5O5. The van der Waals surface area contributed by atoms with E-state index in [1.54, 1.807) is 19.1 Å². The average molecular weight is 510 g/mol. The SMILES string of the molecule is Cc1nc2cc(OCc3ccc(CN4CCOCC4)cc3F)cc(N)c2c(=O)n1C1CCC(=O)NC1=O. The smallest absolute Gasteiger partial charge is 0.264 e. The lowest BCUT2D eigenvalue weighted by Gasteiger charge is -2.26. The number of morpholine rings is 1. The van der Waals surface area contributed by atoms with E-state index in [1.807, 2.05) is 6.07 Å². The molecule has 2 amide bonds. The van der Waals surface area contributed by atoms with Crippen LogP contribution < -0.4 is 21.3 Å². The quantitative estimate of drug-likeness (QED) is 0.380. The van der Waals surface area contributed by atoms with Crippen LogP contribution in [0.4, 0.5) is 10.1 Å². The highest BCUT2D eigenvalue weighted by Crippen LogP contribution is 2.27. The maximum Gasteiger partial charge on any atom is 0.264 e. The zero-order chi connectivity index (χ0) is 26.1. The molecule has 0 spiro atoms. The number of imide groups is 1. The van der Waals surface area contributed by atoms with Gasteiger partial charge < -0.3 is 15.2 Å². The summed E-state index contributed by atoms with van der Waals surface area (Å²) in [7, 11) is 0. The second kappa shape index (κ2) is 10.3. The van der Waals surface area contributed by atoms with Crippen molar-refractivity contribution in [3.05, 3.63) is 63.5 Å². The number of carbonyl (C=O) groups is 2. The van der Waals surface area contributed by atoms with E-state index < -0.39 is 17.5 Å². The van der Waals surface area contributed by atoms with Crippen molar-refractivity contribution in [2.75, 3.05) is 32.0 Å². The van der Waals surface area contributed by atoms with E-state index in [4.69, 9.17) is 15.2 Å². The lowest BCUT2D eigenvalue weighted by molar-refractivity contribution is -0.135. The van der Waals surface area contributed by atoms with Crippen LogP contribution in [-0.2, 0) is 27.5 Å². The first-order valence-electron chi connectivity index (χ1n) is 12.2. The number of hydrogen-bond acceptors (Lipinski definition) is 8. The molecule has 2 aromatic carbocycles. The Morgan fingerprint density at radius 1 is 1.19 bits per heavy atom. The van der Waals surface area contributed by atoms with E-state index >= 15 is 0 Å². The number of hydrogen-bond donors (Lipinski definition) is 2. The number of ether oxygens (including phenoxy) is 2. The topological polar surface area (TPSA) is 129 Å². The van der Waals surface area contributed by atoms with Crippen LogP contribution in [0.2, 0.25) is 0 Å². The van der Waals surface area contributed by atoms with Crippen molar-refractivity contribution in [2.45, 2.75) is 39.0 Å². The molecule has 2 aliphatic rings. The first-order chi connectivity index (χ1) is 17.8. The summed E-state index contributed by atoms with van der Waals surface area (Å²) in [5.41, 5.74) is 7.44. The maximum absolute atomic E-state index is 14.8. The van der Waals surface area contributed by atoms with Crippen LogP contribution >= 0.6 is 0 Å². The predicted molar refractivity (Wildman–Crippen MR) is 133 cm³/mol. The number of fused-ring (bicyclic) bond motifs is 1. The van der Waals surface area contributed by atoms with Crippen molar-refractivity contribution < 1.29 is 23.5 Å². The molecule has 5 rings (SSSR count). The summed E-state index contributed by atoms with van der Waals surface area (Å²) in [5, 5.41) is 2.41. The Morgan fingerprint density at radius 3 is 2.70 bits per heavy atom. The number of anilines is 1. The monoisotopic (exact) mass is 509 g/mol. The lowest BCUT2D eigenvalue weighted by Crippen LogP contribution is -2.45. The molecule has 0 radical (unpaired) electrons. The first-order valence-corrected chi connectivity index (χ1v) is 12.2. The summed E-state index contributed by atoms with van der Waals surface area (Å²) in [6.45, 7) is 5.25. The number of carbonyl (C=O) groups excluding carboxylic acids is 2.